The van der Waals surface area contributed by atoms with Gasteiger partial charge >= 0.3 is 0 Å². The number of ether oxygens (including phenoxy) is 1. The van der Waals surface area contributed by atoms with Gasteiger partial charge in [-0.15, -0.1) is 0 Å². The van der Waals surface area contributed by atoms with Gasteiger partial charge in [-0.1, -0.05) is 41.8 Å². The number of rotatable bonds is 5. The van der Waals surface area contributed by atoms with E-state index < -0.39 is 9.84 Å². The average molecular weight is 424 g/mol. The summed E-state index contributed by atoms with van der Waals surface area (Å²) in [7, 11) is -3.44. The van der Waals surface area contributed by atoms with Gasteiger partial charge in [-0.3, -0.25) is 0 Å². The van der Waals surface area contributed by atoms with Crippen LogP contribution in [0.1, 0.15) is 19.3 Å². The molecule has 0 unspecified atom stereocenters. The Balaban J connectivity index is 1.58. The lowest BCUT2D eigenvalue weighted by Gasteiger charge is -2.23. The van der Waals surface area contributed by atoms with Gasteiger partial charge in [-0.05, 0) is 37.1 Å². The monoisotopic (exact) mass is 423 g/mol. The topological polar surface area (TPSA) is 84.9 Å². The van der Waals surface area contributed by atoms with Gasteiger partial charge in [0, 0.05) is 11.6 Å². The van der Waals surface area contributed by atoms with Gasteiger partial charge in [-0.25, -0.2) is 13.5 Å². The normalized spacial score (nSPS) is 14.7. The summed E-state index contributed by atoms with van der Waals surface area (Å²) in [6.45, 7) is 0. The highest BCUT2D eigenvalue weighted by Crippen LogP contribution is 2.32. The molecule has 3 aromatic rings. The van der Waals surface area contributed by atoms with Gasteiger partial charge in [0.1, 0.15) is 11.5 Å². The number of sulfone groups is 1. The standard InChI is InChI=1S/C18H15Cl2N3O3S/c19-15-8-7-13(10-16(15)20)26-12-4-1-3-11(9-12)17-21-18(23-22-17)27(24,25)14-5-2-6-14/h1,3-4,7-10,14H,2,5-6H2,(H,21,22,23). The van der Waals surface area contributed by atoms with E-state index >= 15 is 0 Å². The van der Waals surface area contributed by atoms with E-state index in [-0.39, 0.29) is 10.4 Å². The number of nitrogens with zero attached hydrogens (tertiary/aromatic N) is 2. The fourth-order valence-corrected chi connectivity index (χ4v) is 4.66. The van der Waals surface area contributed by atoms with E-state index in [1.165, 1.54) is 0 Å². The maximum absolute atomic E-state index is 12.4. The first-order valence-electron chi connectivity index (χ1n) is 8.33. The molecule has 4 rings (SSSR count). The molecule has 0 atom stereocenters. The predicted octanol–water partition coefficient (Wildman–Crippen LogP) is 4.90. The molecule has 0 saturated heterocycles. The summed E-state index contributed by atoms with van der Waals surface area (Å²) < 4.78 is 30.7. The van der Waals surface area contributed by atoms with Gasteiger partial charge in [0.05, 0.1) is 15.3 Å². The van der Waals surface area contributed by atoms with E-state index in [1.54, 1.807) is 42.5 Å². The second-order valence-corrected chi connectivity index (χ2v) is 9.23. The Bertz CT molecular complexity index is 1090. The number of hydrogen-bond acceptors (Lipinski definition) is 5. The first-order valence-corrected chi connectivity index (χ1v) is 10.6. The zero-order chi connectivity index (χ0) is 19.0. The molecule has 9 heteroatoms. The van der Waals surface area contributed by atoms with E-state index in [4.69, 9.17) is 27.9 Å². The second kappa shape index (κ2) is 7.14. The number of hydrogen-bond donors (Lipinski definition) is 1. The van der Waals surface area contributed by atoms with E-state index in [1.807, 2.05) is 0 Å². The average Bonchev–Trinajstić information content (AvgIpc) is 3.08. The van der Waals surface area contributed by atoms with Crippen LogP contribution in [0.15, 0.2) is 47.6 Å². The molecule has 1 aliphatic carbocycles. The summed E-state index contributed by atoms with van der Waals surface area (Å²) in [5.74, 6) is 1.37. The van der Waals surface area contributed by atoms with E-state index in [9.17, 15) is 8.42 Å². The molecule has 2 aromatic carbocycles. The molecule has 1 fully saturated rings. The largest absolute Gasteiger partial charge is 0.457 e. The van der Waals surface area contributed by atoms with Crippen molar-refractivity contribution in [1.82, 2.24) is 15.2 Å². The first-order chi connectivity index (χ1) is 12.9. The molecule has 1 aliphatic rings. The summed E-state index contributed by atoms with van der Waals surface area (Å²) in [5.41, 5.74) is 0.638. The minimum atomic E-state index is -3.44. The molecule has 0 aliphatic heterocycles. The summed E-state index contributed by atoms with van der Waals surface area (Å²) in [4.78, 5) is 4.18. The highest BCUT2D eigenvalue weighted by Gasteiger charge is 2.35. The lowest BCUT2D eigenvalue weighted by molar-refractivity contribution is 0.473. The summed E-state index contributed by atoms with van der Waals surface area (Å²) in [6, 6.07) is 12.0. The van der Waals surface area contributed by atoms with Crippen LogP contribution >= 0.6 is 23.2 Å². The molecule has 6 nitrogen and oxygen atoms in total. The van der Waals surface area contributed by atoms with Crippen molar-refractivity contribution in [2.45, 2.75) is 29.7 Å². The Kier molecular flexibility index (Phi) is 4.84. The molecule has 0 bridgehead atoms. The zero-order valence-corrected chi connectivity index (χ0v) is 16.4. The van der Waals surface area contributed by atoms with Crippen LogP contribution in [0.4, 0.5) is 0 Å². The van der Waals surface area contributed by atoms with Crippen LogP contribution in [-0.4, -0.2) is 28.8 Å². The van der Waals surface area contributed by atoms with Gasteiger partial charge in [0.2, 0.25) is 15.0 Å². The minimum Gasteiger partial charge on any atom is -0.457 e. The van der Waals surface area contributed by atoms with Crippen molar-refractivity contribution < 1.29 is 13.2 Å². The number of aromatic amines is 1. The third kappa shape index (κ3) is 3.67. The van der Waals surface area contributed by atoms with Gasteiger partial charge in [-0.2, -0.15) is 10.1 Å². The van der Waals surface area contributed by atoms with Crippen LogP contribution in [0.5, 0.6) is 11.5 Å². The van der Waals surface area contributed by atoms with Crippen LogP contribution in [0.3, 0.4) is 0 Å². The Morgan fingerprint density at radius 3 is 2.52 bits per heavy atom. The van der Waals surface area contributed by atoms with Crippen LogP contribution in [-0.2, 0) is 9.84 Å². The molecule has 1 heterocycles. The first kappa shape index (κ1) is 18.3. The number of H-pyrrole nitrogens is 1. The van der Waals surface area contributed by atoms with E-state index in [0.29, 0.717) is 45.8 Å². The smallest absolute Gasteiger partial charge is 0.243 e. The van der Waals surface area contributed by atoms with Gasteiger partial charge in [0.15, 0.2) is 5.82 Å². The van der Waals surface area contributed by atoms with Crippen LogP contribution in [0, 0.1) is 0 Å². The second-order valence-electron chi connectivity index (χ2n) is 6.27. The lowest BCUT2D eigenvalue weighted by Crippen LogP contribution is -2.29. The molecule has 140 valence electrons. The van der Waals surface area contributed by atoms with Crippen LogP contribution < -0.4 is 4.74 Å². The van der Waals surface area contributed by atoms with Crippen molar-refractivity contribution in [3.63, 3.8) is 0 Å². The third-order valence-electron chi connectivity index (χ3n) is 4.44. The Morgan fingerprint density at radius 1 is 1.04 bits per heavy atom. The highest BCUT2D eigenvalue weighted by atomic mass is 35.5. The summed E-state index contributed by atoms with van der Waals surface area (Å²) in [5, 5.41) is 7.01. The predicted molar refractivity (Wildman–Crippen MR) is 103 cm³/mol. The summed E-state index contributed by atoms with van der Waals surface area (Å²) in [6.07, 6.45) is 2.27. The van der Waals surface area contributed by atoms with E-state index in [2.05, 4.69) is 15.2 Å². The maximum atomic E-state index is 12.4. The fourth-order valence-electron chi connectivity index (χ4n) is 2.72. The SMILES string of the molecule is O=S(=O)(c1nc(-c2cccc(Oc3ccc(Cl)c(Cl)c3)c2)n[nH]1)C1CCC1. The molecule has 1 aromatic heterocycles. The molecular formula is C18H15Cl2N3O3S. The Hall–Kier alpha value is -2.09. The molecule has 0 amide bonds. The third-order valence-corrected chi connectivity index (χ3v) is 7.25. The summed E-state index contributed by atoms with van der Waals surface area (Å²) >= 11 is 11.9. The van der Waals surface area contributed by atoms with Crippen molar-refractivity contribution in [2.24, 2.45) is 0 Å². The number of aromatic nitrogens is 3. The molecule has 27 heavy (non-hydrogen) atoms. The molecule has 1 N–H and O–H groups in total. The molecule has 1 saturated carbocycles. The van der Waals surface area contributed by atoms with Crippen molar-refractivity contribution in [3.05, 3.63) is 52.5 Å². The van der Waals surface area contributed by atoms with Crippen molar-refractivity contribution in [1.29, 1.82) is 0 Å². The lowest BCUT2D eigenvalue weighted by atomic mass is 10.0. The Morgan fingerprint density at radius 2 is 1.81 bits per heavy atom. The van der Waals surface area contributed by atoms with Crippen molar-refractivity contribution in [3.8, 4) is 22.9 Å². The van der Waals surface area contributed by atoms with Crippen molar-refractivity contribution in [2.75, 3.05) is 0 Å². The minimum absolute atomic E-state index is 0.0852. The molecule has 0 radical (unpaired) electrons. The fraction of sp³-hybridized carbons (Fsp3) is 0.222. The van der Waals surface area contributed by atoms with Crippen molar-refractivity contribution >= 4 is 33.0 Å². The number of benzene rings is 2. The maximum Gasteiger partial charge on any atom is 0.243 e. The quantitative estimate of drug-likeness (QED) is 0.630. The highest BCUT2D eigenvalue weighted by molar-refractivity contribution is 7.91. The number of halogens is 2. The van der Waals surface area contributed by atoms with Crippen LogP contribution in [0.25, 0.3) is 11.4 Å². The van der Waals surface area contributed by atoms with Gasteiger partial charge < -0.3 is 4.74 Å². The van der Waals surface area contributed by atoms with Gasteiger partial charge in [0.25, 0.3) is 0 Å². The zero-order valence-electron chi connectivity index (χ0n) is 14.0. The van der Waals surface area contributed by atoms with Crippen LogP contribution in [0.2, 0.25) is 10.0 Å². The molecular weight excluding hydrogens is 409 g/mol. The Labute approximate surface area is 166 Å². The van der Waals surface area contributed by atoms with E-state index in [0.717, 1.165) is 6.42 Å². The molecule has 0 spiro atoms. The number of nitrogens with one attached hydrogen (secondary N) is 1.